The van der Waals surface area contributed by atoms with Crippen molar-refractivity contribution in [3.05, 3.63) is 64.3 Å². The number of aryl methyl sites for hydroxylation is 2. The summed E-state index contributed by atoms with van der Waals surface area (Å²) in [5.74, 6) is 0. The molecule has 0 aliphatic carbocycles. The number of hydrogen-bond donors (Lipinski definition) is 0. The molecule has 1 rings (SSSR count). The molecule has 0 N–H and O–H groups in total. The topological polar surface area (TPSA) is 0 Å². The van der Waals surface area contributed by atoms with Crippen molar-refractivity contribution in [1.82, 2.24) is 0 Å². The molecule has 0 aliphatic rings. The minimum atomic E-state index is 1.04. The van der Waals surface area contributed by atoms with Crippen LogP contribution in [0.3, 0.4) is 0 Å². The Kier molecular flexibility index (Phi) is 6.51. The van der Waals surface area contributed by atoms with Crippen LogP contribution in [0.5, 0.6) is 0 Å². The molecule has 0 amide bonds. The van der Waals surface area contributed by atoms with Crippen molar-refractivity contribution in [2.75, 3.05) is 0 Å². The SMILES string of the molecule is C/C=C(\C=C(/C)c1cc(C)ccc1CC)C/C(C)=C/C. The summed E-state index contributed by atoms with van der Waals surface area (Å²) in [7, 11) is 0. The predicted molar refractivity (Wildman–Crippen MR) is 92.0 cm³/mol. The Morgan fingerprint density at radius 3 is 2.35 bits per heavy atom. The first kappa shape index (κ1) is 16.5. The summed E-state index contributed by atoms with van der Waals surface area (Å²) in [5.41, 5.74) is 8.33. The first-order valence-electron chi connectivity index (χ1n) is 7.57. The Morgan fingerprint density at radius 2 is 1.80 bits per heavy atom. The molecule has 0 aromatic heterocycles. The highest BCUT2D eigenvalue weighted by Crippen LogP contribution is 2.24. The number of allylic oxidation sites excluding steroid dienone is 6. The molecule has 0 heterocycles. The Balaban J connectivity index is 3.12. The summed E-state index contributed by atoms with van der Waals surface area (Å²) in [5, 5.41) is 0. The Hall–Kier alpha value is -1.56. The first-order chi connectivity index (χ1) is 9.51. The van der Waals surface area contributed by atoms with Crippen molar-refractivity contribution in [2.24, 2.45) is 0 Å². The average Bonchev–Trinajstić information content (AvgIpc) is 2.45. The molecule has 0 saturated heterocycles. The van der Waals surface area contributed by atoms with Crippen molar-refractivity contribution < 1.29 is 0 Å². The standard InChI is InChI=1S/C20H28/c1-7-15(4)12-18(8-2)14-17(6)20-13-16(5)10-11-19(20)9-3/h7-8,10-11,13-14H,9,12H2,1-6H3/b15-7+,17-14+,18-8-. The van der Waals surface area contributed by atoms with E-state index in [0.717, 1.165) is 12.8 Å². The Morgan fingerprint density at radius 1 is 1.10 bits per heavy atom. The monoisotopic (exact) mass is 268 g/mol. The number of hydrogen-bond acceptors (Lipinski definition) is 0. The second-order valence-corrected chi connectivity index (χ2v) is 5.52. The maximum absolute atomic E-state index is 2.33. The molecular weight excluding hydrogens is 240 g/mol. The van der Waals surface area contributed by atoms with Crippen molar-refractivity contribution in [3.8, 4) is 0 Å². The molecule has 108 valence electrons. The quantitative estimate of drug-likeness (QED) is 0.436. The second-order valence-electron chi connectivity index (χ2n) is 5.52. The zero-order valence-electron chi connectivity index (χ0n) is 13.9. The molecular formula is C20H28. The van der Waals surface area contributed by atoms with Gasteiger partial charge in [0.05, 0.1) is 0 Å². The van der Waals surface area contributed by atoms with Gasteiger partial charge in [0.25, 0.3) is 0 Å². The maximum Gasteiger partial charge on any atom is -0.00732 e. The van der Waals surface area contributed by atoms with Gasteiger partial charge in [-0.2, -0.15) is 0 Å². The smallest absolute Gasteiger partial charge is 0.00732 e. The van der Waals surface area contributed by atoms with Gasteiger partial charge in [-0.15, -0.1) is 0 Å². The van der Waals surface area contributed by atoms with Crippen LogP contribution in [-0.4, -0.2) is 0 Å². The van der Waals surface area contributed by atoms with Gasteiger partial charge in [0.15, 0.2) is 0 Å². The maximum atomic E-state index is 2.33. The van der Waals surface area contributed by atoms with Gasteiger partial charge in [-0.1, -0.05) is 54.5 Å². The van der Waals surface area contributed by atoms with E-state index in [9.17, 15) is 0 Å². The van der Waals surface area contributed by atoms with Crippen LogP contribution >= 0.6 is 0 Å². The van der Waals surface area contributed by atoms with E-state index >= 15 is 0 Å². The first-order valence-corrected chi connectivity index (χ1v) is 7.57. The van der Waals surface area contributed by atoms with Gasteiger partial charge in [-0.05, 0) is 69.7 Å². The van der Waals surface area contributed by atoms with Gasteiger partial charge in [-0.3, -0.25) is 0 Å². The van der Waals surface area contributed by atoms with Crippen LogP contribution in [0.2, 0.25) is 0 Å². The third-order valence-corrected chi connectivity index (χ3v) is 3.82. The number of benzene rings is 1. The van der Waals surface area contributed by atoms with Gasteiger partial charge in [0.1, 0.15) is 0 Å². The van der Waals surface area contributed by atoms with Crippen LogP contribution in [0.25, 0.3) is 5.57 Å². The lowest BCUT2D eigenvalue weighted by Gasteiger charge is -2.11. The zero-order valence-corrected chi connectivity index (χ0v) is 13.9. The largest absolute Gasteiger partial charge is 0.0884 e. The fourth-order valence-corrected chi connectivity index (χ4v) is 2.38. The lowest BCUT2D eigenvalue weighted by molar-refractivity contribution is 1.12. The molecule has 0 atom stereocenters. The second kappa shape index (κ2) is 7.89. The summed E-state index contributed by atoms with van der Waals surface area (Å²) >= 11 is 0. The van der Waals surface area contributed by atoms with E-state index in [2.05, 4.69) is 78.0 Å². The summed E-state index contributed by atoms with van der Waals surface area (Å²) in [6.07, 6.45) is 8.87. The van der Waals surface area contributed by atoms with E-state index in [-0.39, 0.29) is 0 Å². The van der Waals surface area contributed by atoms with Crippen LogP contribution < -0.4 is 0 Å². The van der Waals surface area contributed by atoms with E-state index in [4.69, 9.17) is 0 Å². The molecule has 0 heteroatoms. The lowest BCUT2D eigenvalue weighted by Crippen LogP contribution is -1.92. The van der Waals surface area contributed by atoms with E-state index in [0.29, 0.717) is 0 Å². The minimum Gasteiger partial charge on any atom is -0.0884 e. The van der Waals surface area contributed by atoms with E-state index < -0.39 is 0 Å². The average molecular weight is 268 g/mol. The van der Waals surface area contributed by atoms with Gasteiger partial charge in [-0.25, -0.2) is 0 Å². The van der Waals surface area contributed by atoms with Crippen LogP contribution in [0.4, 0.5) is 0 Å². The van der Waals surface area contributed by atoms with Crippen molar-refractivity contribution in [3.63, 3.8) is 0 Å². The molecule has 0 bridgehead atoms. The molecule has 0 spiro atoms. The summed E-state index contributed by atoms with van der Waals surface area (Å²) < 4.78 is 0. The molecule has 1 aromatic carbocycles. The van der Waals surface area contributed by atoms with E-state index in [1.165, 1.54) is 33.4 Å². The molecule has 1 aromatic rings. The molecule has 0 aliphatic heterocycles. The van der Waals surface area contributed by atoms with E-state index in [1.807, 2.05) is 0 Å². The summed E-state index contributed by atoms with van der Waals surface area (Å²) in [6, 6.07) is 6.77. The molecule has 20 heavy (non-hydrogen) atoms. The highest BCUT2D eigenvalue weighted by atomic mass is 14.1. The molecule has 0 radical (unpaired) electrons. The fraction of sp³-hybridized carbons (Fsp3) is 0.400. The molecule has 0 saturated carbocycles. The van der Waals surface area contributed by atoms with Gasteiger partial charge < -0.3 is 0 Å². The highest BCUT2D eigenvalue weighted by molar-refractivity contribution is 5.69. The molecule has 0 unspecified atom stereocenters. The van der Waals surface area contributed by atoms with Crippen molar-refractivity contribution in [2.45, 2.75) is 54.4 Å². The van der Waals surface area contributed by atoms with Gasteiger partial charge in [0, 0.05) is 0 Å². The third-order valence-electron chi connectivity index (χ3n) is 3.82. The van der Waals surface area contributed by atoms with Crippen LogP contribution in [0.1, 0.15) is 57.7 Å². The lowest BCUT2D eigenvalue weighted by atomic mass is 9.94. The third kappa shape index (κ3) is 4.52. The summed E-state index contributed by atoms with van der Waals surface area (Å²) in [4.78, 5) is 0. The minimum absolute atomic E-state index is 1.04. The van der Waals surface area contributed by atoms with Crippen molar-refractivity contribution >= 4 is 5.57 Å². The zero-order chi connectivity index (χ0) is 15.1. The van der Waals surface area contributed by atoms with Gasteiger partial charge >= 0.3 is 0 Å². The molecule has 0 fully saturated rings. The number of rotatable bonds is 5. The Labute approximate surface area is 124 Å². The van der Waals surface area contributed by atoms with Crippen LogP contribution in [0, 0.1) is 6.92 Å². The summed E-state index contributed by atoms with van der Waals surface area (Å²) in [6.45, 7) is 13.0. The fourth-order valence-electron chi connectivity index (χ4n) is 2.38. The predicted octanol–water partition coefficient (Wildman–Crippen LogP) is 6.26. The van der Waals surface area contributed by atoms with Crippen LogP contribution in [0.15, 0.2) is 47.6 Å². The van der Waals surface area contributed by atoms with Crippen LogP contribution in [-0.2, 0) is 6.42 Å². The molecule has 0 nitrogen and oxygen atoms in total. The normalized spacial score (nSPS) is 13.8. The highest BCUT2D eigenvalue weighted by Gasteiger charge is 2.04. The van der Waals surface area contributed by atoms with Crippen molar-refractivity contribution in [1.29, 1.82) is 0 Å². The Bertz CT molecular complexity index is 539. The van der Waals surface area contributed by atoms with Gasteiger partial charge in [0.2, 0.25) is 0 Å². The van der Waals surface area contributed by atoms with E-state index in [1.54, 1.807) is 0 Å².